The van der Waals surface area contributed by atoms with Gasteiger partial charge >= 0.3 is 0 Å². The summed E-state index contributed by atoms with van der Waals surface area (Å²) >= 11 is 1.58. The topological polar surface area (TPSA) is 210 Å². The first-order valence-corrected chi connectivity index (χ1v) is 26.4. The van der Waals surface area contributed by atoms with E-state index in [1.165, 1.54) is 22.4 Å². The van der Waals surface area contributed by atoms with Crippen molar-refractivity contribution in [3.05, 3.63) is 94.5 Å². The van der Waals surface area contributed by atoms with E-state index in [-0.39, 0.29) is 67.8 Å². The minimum absolute atomic E-state index is 0.0225. The molecule has 0 radical (unpaired) electrons. The number of nitrogens with one attached hydrogen (secondary N) is 3. The van der Waals surface area contributed by atoms with Gasteiger partial charge in [0, 0.05) is 77.6 Å². The van der Waals surface area contributed by atoms with Gasteiger partial charge in [-0.3, -0.25) is 28.9 Å². The maximum atomic E-state index is 14.0. The summed E-state index contributed by atoms with van der Waals surface area (Å²) < 4.78 is 0. The van der Waals surface area contributed by atoms with Crippen molar-refractivity contribution < 1.29 is 34.2 Å². The number of nitrogens with zero attached hydrogens (tertiary/aromatic N) is 6. The van der Waals surface area contributed by atoms with Crippen molar-refractivity contribution in [2.24, 2.45) is 5.41 Å². The Morgan fingerprint density at radius 2 is 1.56 bits per heavy atom. The molecule has 4 atom stereocenters. The van der Waals surface area contributed by atoms with Crippen LogP contribution in [0.25, 0.3) is 10.4 Å². The highest BCUT2D eigenvalue weighted by molar-refractivity contribution is 7.13. The SMILES string of the molecule is Cc1ncsc1-c1ccc(CNC(=O)[C@@H]2C[C@@H](O)CN2C(=O)[C@@H](NC(=O)CCCCCCCCCC(=O)N2CC(Nc3cc(C(=O)CC[C@H](O)CN4CCc5ccccc5C4)ncn3)C2)C(C)(C)C)cc1. The highest BCUT2D eigenvalue weighted by Gasteiger charge is 2.44. The molecule has 3 aliphatic heterocycles. The van der Waals surface area contributed by atoms with Gasteiger partial charge in [-0.15, -0.1) is 11.3 Å². The van der Waals surface area contributed by atoms with Crippen molar-refractivity contribution in [1.82, 2.24) is 40.3 Å². The summed E-state index contributed by atoms with van der Waals surface area (Å²) in [6.45, 7) is 11.3. The Balaban J connectivity index is 0.724. The van der Waals surface area contributed by atoms with Crippen LogP contribution in [0.3, 0.4) is 0 Å². The summed E-state index contributed by atoms with van der Waals surface area (Å²) in [5.41, 5.74) is 7.10. The Labute approximate surface area is 422 Å². The number of thiazole rings is 1. The van der Waals surface area contributed by atoms with Crippen molar-refractivity contribution in [2.45, 2.75) is 155 Å². The normalized spacial score (nSPS) is 18.1. The van der Waals surface area contributed by atoms with Gasteiger partial charge in [0.25, 0.3) is 0 Å². The summed E-state index contributed by atoms with van der Waals surface area (Å²) in [7, 11) is 0. The first kappa shape index (κ1) is 53.2. The van der Waals surface area contributed by atoms with Crippen LogP contribution >= 0.6 is 11.3 Å². The minimum Gasteiger partial charge on any atom is -0.392 e. The van der Waals surface area contributed by atoms with Crippen LogP contribution in [0.2, 0.25) is 0 Å². The van der Waals surface area contributed by atoms with Gasteiger partial charge in [0.2, 0.25) is 23.6 Å². The van der Waals surface area contributed by atoms with Crippen LogP contribution in [0.15, 0.2) is 66.4 Å². The van der Waals surface area contributed by atoms with Crippen molar-refractivity contribution in [3.63, 3.8) is 0 Å². The Kier molecular flexibility index (Phi) is 18.8. The van der Waals surface area contributed by atoms with Gasteiger partial charge in [-0.25, -0.2) is 15.0 Å². The summed E-state index contributed by atoms with van der Waals surface area (Å²) in [5.74, 6) is -0.387. The number of Topliss-reactive ketones (excluding diaryl/α,β-unsaturated/α-hetero) is 1. The molecule has 0 bridgehead atoms. The second-order valence-electron chi connectivity index (χ2n) is 20.7. The number of likely N-dealkylation sites (tertiary alicyclic amines) is 2. The van der Waals surface area contributed by atoms with Gasteiger partial charge in [-0.1, -0.05) is 101 Å². The average Bonchev–Trinajstić information content (AvgIpc) is 3.96. The summed E-state index contributed by atoms with van der Waals surface area (Å²) in [5, 5.41) is 30.5. The molecule has 71 heavy (non-hydrogen) atoms. The van der Waals surface area contributed by atoms with Gasteiger partial charge in [-0.2, -0.15) is 0 Å². The fourth-order valence-corrected chi connectivity index (χ4v) is 10.5. The van der Waals surface area contributed by atoms with Crippen LogP contribution in [0, 0.1) is 12.3 Å². The number of unbranched alkanes of at least 4 members (excludes halogenated alkanes) is 6. The lowest BCUT2D eigenvalue weighted by Crippen LogP contribution is -2.57. The number of rotatable bonds is 24. The third kappa shape index (κ3) is 15.2. The lowest BCUT2D eigenvalue weighted by Gasteiger charge is -2.40. The van der Waals surface area contributed by atoms with Crippen LogP contribution in [0.1, 0.15) is 131 Å². The van der Waals surface area contributed by atoms with Crippen molar-refractivity contribution >= 4 is 46.6 Å². The summed E-state index contributed by atoms with van der Waals surface area (Å²) in [4.78, 5) is 85.9. The third-order valence-electron chi connectivity index (χ3n) is 13.9. The molecule has 16 nitrogen and oxygen atoms in total. The lowest BCUT2D eigenvalue weighted by atomic mass is 9.85. The molecule has 4 amide bonds. The summed E-state index contributed by atoms with van der Waals surface area (Å²) in [6.07, 6.45) is 8.64. The van der Waals surface area contributed by atoms with E-state index >= 15 is 0 Å². The van der Waals surface area contributed by atoms with Gasteiger partial charge in [-0.05, 0) is 60.3 Å². The van der Waals surface area contributed by atoms with E-state index < -0.39 is 29.7 Å². The molecular weight excluding hydrogens is 919 g/mol. The number of hydrogen-bond acceptors (Lipinski definition) is 13. The predicted molar refractivity (Wildman–Crippen MR) is 274 cm³/mol. The Hall–Kier alpha value is -5.62. The predicted octanol–water partition coefficient (Wildman–Crippen LogP) is 6.23. The number of ketones is 1. The van der Waals surface area contributed by atoms with Gasteiger partial charge < -0.3 is 36.0 Å². The molecule has 5 N–H and O–H groups in total. The van der Waals surface area contributed by atoms with Crippen LogP contribution in [-0.4, -0.2) is 132 Å². The second kappa shape index (κ2) is 25.2. The number of aliphatic hydroxyl groups excluding tert-OH is 2. The highest BCUT2D eigenvalue weighted by Crippen LogP contribution is 2.29. The fourth-order valence-electron chi connectivity index (χ4n) is 9.71. The van der Waals surface area contributed by atoms with Gasteiger partial charge in [0.15, 0.2) is 5.78 Å². The maximum Gasteiger partial charge on any atom is 0.246 e. The smallest absolute Gasteiger partial charge is 0.246 e. The fraction of sp³-hybridized carbons (Fsp3) is 0.556. The van der Waals surface area contributed by atoms with Crippen LogP contribution in [0.4, 0.5) is 5.82 Å². The van der Waals surface area contributed by atoms with Crippen LogP contribution in [0.5, 0.6) is 0 Å². The molecule has 2 aromatic heterocycles. The molecule has 7 rings (SSSR count). The molecule has 4 aromatic rings. The third-order valence-corrected chi connectivity index (χ3v) is 14.9. The molecule has 0 aliphatic carbocycles. The van der Waals surface area contributed by atoms with Gasteiger partial charge in [0.05, 0.1) is 34.3 Å². The zero-order valence-corrected chi connectivity index (χ0v) is 42.7. The summed E-state index contributed by atoms with van der Waals surface area (Å²) in [6, 6.07) is 16.3. The number of aliphatic hydroxyl groups is 2. The quantitative estimate of drug-likeness (QED) is 0.0391. The number of aryl methyl sites for hydroxylation is 1. The molecule has 2 aromatic carbocycles. The van der Waals surface area contributed by atoms with Crippen molar-refractivity contribution in [1.29, 1.82) is 0 Å². The minimum atomic E-state index is -0.865. The van der Waals surface area contributed by atoms with E-state index in [0.717, 1.165) is 79.7 Å². The van der Waals surface area contributed by atoms with E-state index in [2.05, 4.69) is 54.0 Å². The molecule has 17 heteroatoms. The lowest BCUT2D eigenvalue weighted by molar-refractivity contribution is -0.144. The number of amides is 4. The first-order valence-electron chi connectivity index (χ1n) is 25.5. The van der Waals surface area contributed by atoms with Crippen molar-refractivity contribution in [3.8, 4) is 10.4 Å². The maximum absolute atomic E-state index is 14.0. The second-order valence-corrected chi connectivity index (χ2v) is 21.6. The highest BCUT2D eigenvalue weighted by atomic mass is 32.1. The number of anilines is 1. The number of fused-ring (bicyclic) bond motifs is 1. The Bertz CT molecular complexity index is 2440. The first-order chi connectivity index (χ1) is 34.1. The van der Waals surface area contributed by atoms with E-state index in [0.29, 0.717) is 50.4 Å². The van der Waals surface area contributed by atoms with Crippen molar-refractivity contribution in [2.75, 3.05) is 38.0 Å². The molecule has 0 spiro atoms. The van der Waals surface area contributed by atoms with Crippen LogP contribution < -0.4 is 16.0 Å². The Morgan fingerprint density at radius 1 is 0.859 bits per heavy atom. The zero-order valence-electron chi connectivity index (χ0n) is 41.9. The molecule has 3 aliphatic rings. The molecule has 2 fully saturated rings. The Morgan fingerprint density at radius 3 is 2.27 bits per heavy atom. The largest absolute Gasteiger partial charge is 0.392 e. The van der Waals surface area contributed by atoms with E-state index in [1.807, 2.05) is 68.4 Å². The molecule has 0 unspecified atom stereocenters. The average molecular weight is 992 g/mol. The molecular formula is C54H73N9O7S. The van der Waals surface area contributed by atoms with E-state index in [1.54, 1.807) is 17.4 Å². The number of β-amino-alcohol motifs (C(OH)–C–C–N with tert-alkyl or cyclic N) is 2. The molecule has 2 saturated heterocycles. The van der Waals surface area contributed by atoms with Gasteiger partial charge in [0.1, 0.15) is 29.9 Å². The standard InChI is InChI=1S/C54H73N9O7S/c1-36-50(71-35-58-36)39-20-18-37(19-21-39)28-55-52(69)45-26-43(65)33-63(45)53(70)51(54(2,3)4)60-48(67)16-10-8-6-5-7-9-11-17-49(68)62-30-41(31-62)59-47-27-44(56-34-57-47)46(66)23-22-42(64)32-61-25-24-38-14-12-13-15-40(38)29-61/h12-15,18-21,27,34-35,41-43,45,51,64-65H,5-11,16-17,22-26,28-33H2,1-4H3,(H,55,69)(H,60,67)(H,56,57,59)/t42-,43+,45-,51+/m0/s1. The van der Waals surface area contributed by atoms with Crippen LogP contribution in [-0.2, 0) is 38.7 Å². The molecule has 382 valence electrons. The number of carbonyl (C=O) groups is 5. The van der Waals surface area contributed by atoms with E-state index in [9.17, 15) is 34.2 Å². The molecule has 0 saturated carbocycles. The van der Waals surface area contributed by atoms with E-state index in [4.69, 9.17) is 0 Å². The zero-order chi connectivity index (χ0) is 50.5. The molecule has 5 heterocycles. The number of hydrogen-bond donors (Lipinski definition) is 5. The monoisotopic (exact) mass is 992 g/mol. The number of aromatic nitrogens is 3. The number of carbonyl (C=O) groups excluding carboxylic acids is 5. The number of benzene rings is 2.